The predicted molar refractivity (Wildman–Crippen MR) is 107 cm³/mol. The Hall–Kier alpha value is -3.33. The summed E-state index contributed by atoms with van der Waals surface area (Å²) in [6.45, 7) is 0. The molecule has 4 aromatic rings. The second-order valence-electron chi connectivity index (χ2n) is 6.47. The Balaban J connectivity index is 1.72. The fourth-order valence-corrected chi connectivity index (χ4v) is 3.59. The molecule has 30 heavy (non-hydrogen) atoms. The fourth-order valence-electron chi connectivity index (χ4n) is 3.04. The van der Waals surface area contributed by atoms with Crippen LogP contribution in [0.2, 0.25) is 0 Å². The van der Waals surface area contributed by atoms with Crippen molar-refractivity contribution in [3.05, 3.63) is 77.1 Å². The minimum absolute atomic E-state index is 0.160. The van der Waals surface area contributed by atoms with Crippen molar-refractivity contribution in [3.63, 3.8) is 0 Å². The molecule has 2 aromatic carbocycles. The van der Waals surface area contributed by atoms with E-state index < -0.39 is 23.5 Å². The van der Waals surface area contributed by atoms with Crippen LogP contribution in [0.5, 0.6) is 0 Å². The first-order chi connectivity index (χ1) is 14.3. The Morgan fingerprint density at radius 1 is 1.10 bits per heavy atom. The lowest BCUT2D eigenvalue weighted by atomic mass is 10.0. The van der Waals surface area contributed by atoms with Crippen molar-refractivity contribution in [2.24, 2.45) is 0 Å². The van der Waals surface area contributed by atoms with Gasteiger partial charge in [-0.15, -0.1) is 11.3 Å². The quantitative estimate of drug-likeness (QED) is 0.422. The van der Waals surface area contributed by atoms with Crippen molar-refractivity contribution in [1.82, 2.24) is 9.97 Å². The van der Waals surface area contributed by atoms with Gasteiger partial charge in [-0.25, -0.2) is 14.4 Å². The average Bonchev–Trinajstić information content (AvgIpc) is 3.20. The van der Waals surface area contributed by atoms with Gasteiger partial charge in [0.15, 0.2) is 5.13 Å². The third kappa shape index (κ3) is 4.30. The molecular formula is C21H13F4N3OS. The van der Waals surface area contributed by atoms with Crippen LogP contribution in [0, 0.1) is 5.82 Å². The maximum absolute atomic E-state index is 14.0. The molecular weight excluding hydrogens is 418 g/mol. The summed E-state index contributed by atoms with van der Waals surface area (Å²) in [5.74, 6) is -0.934. The van der Waals surface area contributed by atoms with E-state index >= 15 is 0 Å². The van der Waals surface area contributed by atoms with Gasteiger partial charge >= 0.3 is 6.18 Å². The van der Waals surface area contributed by atoms with E-state index in [2.05, 4.69) is 15.3 Å². The number of thiazole rings is 1. The average molecular weight is 431 g/mol. The predicted octanol–water partition coefficient (Wildman–Crippen LogP) is 5.70. The lowest BCUT2D eigenvalue weighted by Gasteiger charge is -2.11. The molecule has 0 spiro atoms. The second kappa shape index (κ2) is 7.83. The summed E-state index contributed by atoms with van der Waals surface area (Å²) >= 11 is 1.25. The molecule has 0 saturated heterocycles. The van der Waals surface area contributed by atoms with Crippen molar-refractivity contribution in [2.45, 2.75) is 12.6 Å². The molecule has 4 nitrogen and oxygen atoms in total. The molecule has 4 rings (SSSR count). The zero-order valence-electron chi connectivity index (χ0n) is 15.2. The number of alkyl halides is 3. The maximum atomic E-state index is 14.0. The smallest absolute Gasteiger partial charge is 0.302 e. The number of fused-ring (bicyclic) bond motifs is 1. The van der Waals surface area contributed by atoms with Gasteiger partial charge in [-0.3, -0.25) is 4.79 Å². The summed E-state index contributed by atoms with van der Waals surface area (Å²) in [7, 11) is 0. The van der Waals surface area contributed by atoms with Gasteiger partial charge in [-0.1, -0.05) is 18.2 Å². The molecule has 0 unspecified atom stereocenters. The summed E-state index contributed by atoms with van der Waals surface area (Å²) in [5, 5.41) is 5.18. The topological polar surface area (TPSA) is 54.9 Å². The molecule has 0 aliphatic carbocycles. The number of halogens is 4. The van der Waals surface area contributed by atoms with Crippen LogP contribution in [0.25, 0.3) is 22.2 Å². The lowest BCUT2D eigenvalue weighted by Crippen LogP contribution is -2.14. The van der Waals surface area contributed by atoms with Crippen LogP contribution in [0.3, 0.4) is 0 Å². The first-order valence-electron chi connectivity index (χ1n) is 8.76. The Morgan fingerprint density at radius 3 is 2.67 bits per heavy atom. The van der Waals surface area contributed by atoms with Gasteiger partial charge in [0.05, 0.1) is 23.2 Å². The molecule has 152 valence electrons. The highest BCUT2D eigenvalue weighted by Crippen LogP contribution is 2.32. The monoisotopic (exact) mass is 431 g/mol. The maximum Gasteiger partial charge on any atom is 0.416 e. The number of benzene rings is 2. The number of anilines is 1. The van der Waals surface area contributed by atoms with E-state index in [-0.39, 0.29) is 12.0 Å². The zero-order chi connectivity index (χ0) is 21.3. The van der Waals surface area contributed by atoms with Crippen molar-refractivity contribution in [2.75, 3.05) is 5.32 Å². The molecule has 9 heteroatoms. The number of nitrogens with zero attached hydrogens (tertiary/aromatic N) is 2. The van der Waals surface area contributed by atoms with Gasteiger partial charge in [0.25, 0.3) is 0 Å². The van der Waals surface area contributed by atoms with Crippen molar-refractivity contribution < 1.29 is 22.4 Å². The molecule has 0 radical (unpaired) electrons. The van der Waals surface area contributed by atoms with E-state index in [1.54, 1.807) is 17.6 Å². The van der Waals surface area contributed by atoms with E-state index in [1.807, 2.05) is 0 Å². The highest BCUT2D eigenvalue weighted by Gasteiger charge is 2.30. The summed E-state index contributed by atoms with van der Waals surface area (Å²) in [5.41, 5.74) is 0.452. The van der Waals surface area contributed by atoms with Crippen LogP contribution in [-0.2, 0) is 17.4 Å². The molecule has 0 saturated carbocycles. The van der Waals surface area contributed by atoms with Crippen molar-refractivity contribution in [1.29, 1.82) is 0 Å². The molecule has 0 fully saturated rings. The van der Waals surface area contributed by atoms with E-state index in [0.717, 1.165) is 12.1 Å². The van der Waals surface area contributed by atoms with E-state index in [4.69, 9.17) is 0 Å². The Labute approximate surface area is 172 Å². The summed E-state index contributed by atoms with van der Waals surface area (Å²) in [4.78, 5) is 20.7. The third-order valence-corrected chi connectivity index (χ3v) is 5.04. The fraction of sp³-hybridized carbons (Fsp3) is 0.0952. The molecule has 2 heterocycles. The van der Waals surface area contributed by atoms with Crippen molar-refractivity contribution in [3.8, 4) is 11.3 Å². The van der Waals surface area contributed by atoms with E-state index in [1.165, 1.54) is 41.7 Å². The molecule has 1 N–H and O–H groups in total. The van der Waals surface area contributed by atoms with E-state index in [0.29, 0.717) is 27.3 Å². The highest BCUT2D eigenvalue weighted by atomic mass is 32.1. The van der Waals surface area contributed by atoms with E-state index in [9.17, 15) is 22.4 Å². The SMILES string of the molecule is O=C(Cc1cc(F)cc2ccc(-c3cccc(C(F)(F)F)c3)nc12)Nc1nccs1. The number of amides is 1. The number of hydrogen-bond donors (Lipinski definition) is 1. The summed E-state index contributed by atoms with van der Waals surface area (Å²) in [6, 6.07) is 10.4. The van der Waals surface area contributed by atoms with Crippen LogP contribution in [0.4, 0.5) is 22.7 Å². The van der Waals surface area contributed by atoms with Crippen LogP contribution in [0.15, 0.2) is 60.1 Å². The molecule has 0 bridgehead atoms. The molecule has 1 amide bonds. The lowest BCUT2D eigenvalue weighted by molar-refractivity contribution is -0.137. The molecule has 2 aromatic heterocycles. The Bertz CT molecular complexity index is 1220. The van der Waals surface area contributed by atoms with Crippen LogP contribution in [0.1, 0.15) is 11.1 Å². The van der Waals surface area contributed by atoms with Crippen LogP contribution < -0.4 is 5.32 Å². The number of hydrogen-bond acceptors (Lipinski definition) is 4. The number of pyridine rings is 1. The molecule has 0 aliphatic rings. The van der Waals surface area contributed by atoms with Crippen LogP contribution >= 0.6 is 11.3 Å². The Morgan fingerprint density at radius 2 is 1.93 bits per heavy atom. The van der Waals surface area contributed by atoms with Gasteiger partial charge in [0.1, 0.15) is 5.82 Å². The number of aromatic nitrogens is 2. The van der Waals surface area contributed by atoms with Gasteiger partial charge in [-0.2, -0.15) is 13.2 Å². The van der Waals surface area contributed by atoms with Crippen LogP contribution in [-0.4, -0.2) is 15.9 Å². The minimum Gasteiger partial charge on any atom is -0.302 e. The normalized spacial score (nSPS) is 11.6. The molecule has 0 atom stereocenters. The number of carbonyl (C=O) groups is 1. The zero-order valence-corrected chi connectivity index (χ0v) is 16.0. The molecule has 0 aliphatic heterocycles. The number of carbonyl (C=O) groups excluding carboxylic acids is 1. The number of rotatable bonds is 4. The number of nitrogens with one attached hydrogen (secondary N) is 1. The second-order valence-corrected chi connectivity index (χ2v) is 7.37. The first kappa shape index (κ1) is 20.0. The van der Waals surface area contributed by atoms with Gasteiger partial charge in [-0.05, 0) is 35.9 Å². The first-order valence-corrected chi connectivity index (χ1v) is 9.64. The summed E-state index contributed by atoms with van der Waals surface area (Å²) in [6.07, 6.45) is -3.09. The van der Waals surface area contributed by atoms with Gasteiger partial charge < -0.3 is 5.32 Å². The van der Waals surface area contributed by atoms with Gasteiger partial charge in [0, 0.05) is 22.5 Å². The highest BCUT2D eigenvalue weighted by molar-refractivity contribution is 7.13. The Kier molecular flexibility index (Phi) is 5.21. The summed E-state index contributed by atoms with van der Waals surface area (Å²) < 4.78 is 53.1. The third-order valence-electron chi connectivity index (χ3n) is 4.35. The van der Waals surface area contributed by atoms with Gasteiger partial charge in [0.2, 0.25) is 5.91 Å². The standard InChI is InChI=1S/C21H13F4N3OS/c22-16-9-13-4-5-17(12-2-1-3-15(8-12)21(23,24)25)27-19(13)14(10-16)11-18(29)28-20-26-6-7-30-20/h1-10H,11H2,(H,26,28,29). The largest absolute Gasteiger partial charge is 0.416 e. The minimum atomic E-state index is -4.48. The van der Waals surface area contributed by atoms with Crippen molar-refractivity contribution >= 4 is 33.3 Å².